The van der Waals surface area contributed by atoms with E-state index in [0.29, 0.717) is 32.1 Å². The van der Waals surface area contributed by atoms with Crippen LogP contribution >= 0.6 is 0 Å². The van der Waals surface area contributed by atoms with E-state index in [-0.39, 0.29) is 21.8 Å². The highest BCUT2D eigenvalue weighted by molar-refractivity contribution is 7.89. The van der Waals surface area contributed by atoms with E-state index < -0.39 is 10.0 Å². The first kappa shape index (κ1) is 17.5. The summed E-state index contributed by atoms with van der Waals surface area (Å²) in [7, 11) is -3.71. The normalized spacial score (nSPS) is 27.5. The molecule has 1 spiro atoms. The minimum absolute atomic E-state index is 0.0884. The lowest BCUT2D eigenvalue weighted by atomic mass is 9.74. The molecule has 2 aliphatic heterocycles. The Morgan fingerprint density at radius 2 is 1.92 bits per heavy atom. The van der Waals surface area contributed by atoms with Crippen LogP contribution in [0.5, 0.6) is 0 Å². The molecule has 6 nitrogen and oxygen atoms in total. The maximum Gasteiger partial charge on any atom is 0.244 e. The van der Waals surface area contributed by atoms with Gasteiger partial charge in [0.1, 0.15) is 6.07 Å². The summed E-state index contributed by atoms with van der Waals surface area (Å²) in [6.45, 7) is 1.58. The average molecular weight is 373 g/mol. The molecular formula is C19H23N3O3S. The van der Waals surface area contributed by atoms with Gasteiger partial charge in [0.15, 0.2) is 0 Å². The Hall–Kier alpha value is -1.91. The van der Waals surface area contributed by atoms with Gasteiger partial charge in [0.25, 0.3) is 0 Å². The molecule has 7 heteroatoms. The molecule has 2 heterocycles. The fourth-order valence-corrected chi connectivity index (χ4v) is 6.12. The van der Waals surface area contributed by atoms with Crippen molar-refractivity contribution in [2.75, 3.05) is 19.6 Å². The van der Waals surface area contributed by atoms with Crippen molar-refractivity contribution < 1.29 is 13.2 Å². The topological polar surface area (TPSA) is 81.5 Å². The number of sulfonamides is 1. The Balaban J connectivity index is 1.60. The van der Waals surface area contributed by atoms with Gasteiger partial charge in [-0.25, -0.2) is 8.42 Å². The summed E-state index contributed by atoms with van der Waals surface area (Å²) in [4.78, 5) is 14.3. The maximum atomic E-state index is 13.2. The van der Waals surface area contributed by atoms with E-state index in [4.69, 9.17) is 0 Å². The summed E-state index contributed by atoms with van der Waals surface area (Å²) in [5.74, 6) is 0.216. The van der Waals surface area contributed by atoms with Crippen LogP contribution in [0.3, 0.4) is 0 Å². The van der Waals surface area contributed by atoms with E-state index in [0.717, 1.165) is 32.1 Å². The van der Waals surface area contributed by atoms with Gasteiger partial charge in [-0.15, -0.1) is 0 Å². The van der Waals surface area contributed by atoms with Crippen LogP contribution in [0.25, 0.3) is 0 Å². The fraction of sp³-hybridized carbons (Fsp3) is 0.579. The summed E-state index contributed by atoms with van der Waals surface area (Å²) < 4.78 is 27.9. The number of carbonyl (C=O) groups is 1. The predicted molar refractivity (Wildman–Crippen MR) is 95.6 cm³/mol. The first-order valence-corrected chi connectivity index (χ1v) is 10.7. The van der Waals surface area contributed by atoms with Crippen LogP contribution in [0.4, 0.5) is 0 Å². The van der Waals surface area contributed by atoms with Gasteiger partial charge in [0.05, 0.1) is 10.5 Å². The van der Waals surface area contributed by atoms with Gasteiger partial charge in [0.2, 0.25) is 15.9 Å². The Labute approximate surface area is 154 Å². The van der Waals surface area contributed by atoms with E-state index in [2.05, 4.69) is 0 Å². The van der Waals surface area contributed by atoms with Crippen LogP contribution in [-0.4, -0.2) is 49.2 Å². The van der Waals surface area contributed by atoms with Crippen LogP contribution in [0.2, 0.25) is 0 Å². The number of amides is 1. The van der Waals surface area contributed by atoms with Gasteiger partial charge in [-0.3, -0.25) is 4.79 Å². The van der Waals surface area contributed by atoms with Gasteiger partial charge in [-0.1, -0.05) is 12.1 Å². The molecule has 0 N–H and O–H groups in total. The second kappa shape index (κ2) is 6.36. The SMILES string of the molecule is N#Cc1ccccc1S(=O)(=O)N1CCC[C@@]2(CCC(=O)N(C3CC3)C2)C1. The van der Waals surface area contributed by atoms with Crippen molar-refractivity contribution in [2.45, 2.75) is 49.5 Å². The van der Waals surface area contributed by atoms with Gasteiger partial charge in [0, 0.05) is 37.5 Å². The van der Waals surface area contributed by atoms with Crippen molar-refractivity contribution in [3.05, 3.63) is 29.8 Å². The molecule has 2 saturated heterocycles. The van der Waals surface area contributed by atoms with E-state index in [1.165, 1.54) is 10.4 Å². The van der Waals surface area contributed by atoms with Crippen LogP contribution in [0, 0.1) is 16.7 Å². The molecule has 1 amide bonds. The van der Waals surface area contributed by atoms with Crippen molar-refractivity contribution in [1.29, 1.82) is 5.26 Å². The molecule has 4 rings (SSSR count). The molecule has 1 aliphatic carbocycles. The number of hydrogen-bond acceptors (Lipinski definition) is 4. The molecule has 0 radical (unpaired) electrons. The molecule has 1 aromatic rings. The number of rotatable bonds is 3. The Morgan fingerprint density at radius 3 is 2.65 bits per heavy atom. The van der Waals surface area contributed by atoms with E-state index >= 15 is 0 Å². The predicted octanol–water partition coefficient (Wildman–Crippen LogP) is 2.11. The Kier molecular flexibility index (Phi) is 4.28. The summed E-state index contributed by atoms with van der Waals surface area (Å²) in [6.07, 6.45) is 5.15. The number of piperidine rings is 2. The van der Waals surface area contributed by atoms with E-state index in [9.17, 15) is 18.5 Å². The number of likely N-dealkylation sites (tertiary alicyclic amines) is 1. The summed E-state index contributed by atoms with van der Waals surface area (Å²) in [5.41, 5.74) is 0.0363. The van der Waals surface area contributed by atoms with Crippen LogP contribution in [-0.2, 0) is 14.8 Å². The van der Waals surface area contributed by atoms with Crippen LogP contribution < -0.4 is 0 Å². The monoisotopic (exact) mass is 373 g/mol. The molecule has 1 aromatic carbocycles. The van der Waals surface area contributed by atoms with Crippen molar-refractivity contribution in [1.82, 2.24) is 9.21 Å². The Bertz CT molecular complexity index is 872. The minimum atomic E-state index is -3.71. The van der Waals surface area contributed by atoms with Gasteiger partial charge in [-0.2, -0.15) is 9.57 Å². The van der Waals surface area contributed by atoms with Crippen LogP contribution in [0.1, 0.15) is 44.1 Å². The highest BCUT2D eigenvalue weighted by atomic mass is 32.2. The minimum Gasteiger partial charge on any atom is -0.339 e. The lowest BCUT2D eigenvalue weighted by Crippen LogP contribution is -2.55. The van der Waals surface area contributed by atoms with Crippen molar-refractivity contribution >= 4 is 15.9 Å². The van der Waals surface area contributed by atoms with Crippen molar-refractivity contribution in [3.63, 3.8) is 0 Å². The summed E-state index contributed by atoms with van der Waals surface area (Å²) in [5, 5.41) is 9.28. The average Bonchev–Trinajstić information content (AvgIpc) is 3.49. The second-order valence-corrected chi connectivity index (χ2v) is 9.71. The van der Waals surface area contributed by atoms with Gasteiger partial charge >= 0.3 is 0 Å². The van der Waals surface area contributed by atoms with Gasteiger partial charge < -0.3 is 4.90 Å². The molecule has 26 heavy (non-hydrogen) atoms. The number of benzene rings is 1. The first-order valence-electron chi connectivity index (χ1n) is 9.24. The molecule has 0 aromatic heterocycles. The van der Waals surface area contributed by atoms with E-state index in [1.54, 1.807) is 18.2 Å². The second-order valence-electron chi connectivity index (χ2n) is 7.80. The summed E-state index contributed by atoms with van der Waals surface area (Å²) >= 11 is 0. The highest BCUT2D eigenvalue weighted by Crippen LogP contribution is 2.43. The van der Waals surface area contributed by atoms with Gasteiger partial charge in [-0.05, 0) is 44.2 Å². The molecule has 1 saturated carbocycles. The molecule has 138 valence electrons. The highest BCUT2D eigenvalue weighted by Gasteiger charge is 2.47. The summed E-state index contributed by atoms with van der Waals surface area (Å²) in [6, 6.07) is 8.74. The third kappa shape index (κ3) is 3.01. The maximum absolute atomic E-state index is 13.2. The molecule has 3 aliphatic rings. The lowest BCUT2D eigenvalue weighted by molar-refractivity contribution is -0.139. The number of nitriles is 1. The number of nitrogens with zero attached hydrogens (tertiary/aromatic N) is 3. The zero-order valence-electron chi connectivity index (χ0n) is 14.7. The lowest BCUT2D eigenvalue weighted by Gasteiger charge is -2.48. The van der Waals surface area contributed by atoms with Crippen LogP contribution in [0.15, 0.2) is 29.2 Å². The largest absolute Gasteiger partial charge is 0.339 e. The smallest absolute Gasteiger partial charge is 0.244 e. The molecule has 0 unspecified atom stereocenters. The fourth-order valence-electron chi connectivity index (χ4n) is 4.39. The number of hydrogen-bond donors (Lipinski definition) is 0. The van der Waals surface area contributed by atoms with E-state index in [1.807, 2.05) is 11.0 Å². The first-order chi connectivity index (χ1) is 12.5. The van der Waals surface area contributed by atoms with Crippen molar-refractivity contribution in [3.8, 4) is 6.07 Å². The zero-order valence-corrected chi connectivity index (χ0v) is 15.5. The molecule has 1 atom stereocenters. The quantitative estimate of drug-likeness (QED) is 0.813. The van der Waals surface area contributed by atoms with Crippen molar-refractivity contribution in [2.24, 2.45) is 5.41 Å². The third-order valence-electron chi connectivity index (χ3n) is 5.93. The standard InChI is InChI=1S/C19H23N3O3S/c20-12-15-4-1-2-5-17(15)26(24,25)21-11-3-9-19(13-21)10-8-18(23)22(14-19)16-6-7-16/h1-2,4-5,16H,3,6-11,13-14H2/t19-/m1/s1. The molecular weight excluding hydrogens is 350 g/mol. The molecule has 3 fully saturated rings. The number of carbonyl (C=O) groups excluding carboxylic acids is 1. The Morgan fingerprint density at radius 1 is 1.15 bits per heavy atom. The third-order valence-corrected chi connectivity index (χ3v) is 7.84. The zero-order chi connectivity index (χ0) is 18.4. The molecule has 0 bridgehead atoms.